The third-order valence-corrected chi connectivity index (χ3v) is 5.31. The Morgan fingerprint density at radius 1 is 1.22 bits per heavy atom. The van der Waals surface area contributed by atoms with Gasteiger partial charge in [-0.25, -0.2) is 0 Å². The molecule has 130 valence electrons. The molecule has 0 amide bonds. The molecular formula is C19H31NO3. The minimum absolute atomic E-state index is 0.386. The molecule has 1 aromatic carbocycles. The van der Waals surface area contributed by atoms with E-state index in [0.717, 1.165) is 31.4 Å². The van der Waals surface area contributed by atoms with Gasteiger partial charge in [-0.2, -0.15) is 0 Å². The summed E-state index contributed by atoms with van der Waals surface area (Å²) < 4.78 is 16.8. The maximum atomic E-state index is 6.14. The lowest BCUT2D eigenvalue weighted by Gasteiger charge is -2.40. The van der Waals surface area contributed by atoms with E-state index in [1.807, 2.05) is 6.92 Å². The topological polar surface area (TPSA) is 53.7 Å². The third kappa shape index (κ3) is 4.06. The van der Waals surface area contributed by atoms with E-state index in [2.05, 4.69) is 25.1 Å². The van der Waals surface area contributed by atoms with Crippen LogP contribution in [0.4, 0.5) is 0 Å². The average molecular weight is 321 g/mol. The highest BCUT2D eigenvalue weighted by Gasteiger charge is 2.38. The lowest BCUT2D eigenvalue weighted by molar-refractivity contribution is -0.228. The van der Waals surface area contributed by atoms with E-state index < -0.39 is 5.79 Å². The van der Waals surface area contributed by atoms with Gasteiger partial charge < -0.3 is 19.9 Å². The fraction of sp³-hybridized carbons (Fsp3) is 0.684. The molecule has 1 atom stereocenters. The SMILES string of the molecule is CCOc1ccc(C(CN)C2CCC(OC)(OC)CC2)c(C)c1. The van der Waals surface area contributed by atoms with Gasteiger partial charge in [-0.05, 0) is 68.3 Å². The van der Waals surface area contributed by atoms with E-state index in [1.54, 1.807) is 14.2 Å². The van der Waals surface area contributed by atoms with Gasteiger partial charge >= 0.3 is 0 Å². The molecule has 0 saturated heterocycles. The van der Waals surface area contributed by atoms with E-state index in [1.165, 1.54) is 11.1 Å². The Morgan fingerprint density at radius 3 is 2.35 bits per heavy atom. The molecule has 2 rings (SSSR count). The Labute approximate surface area is 140 Å². The highest BCUT2D eigenvalue weighted by molar-refractivity contribution is 5.37. The standard InChI is InChI=1S/C19H31NO3/c1-5-23-16-6-7-17(14(2)12-16)18(13-20)15-8-10-19(21-3,22-4)11-9-15/h6-7,12,15,18H,5,8-11,13,20H2,1-4H3. The normalized spacial score (nSPS) is 19.5. The van der Waals surface area contributed by atoms with E-state index >= 15 is 0 Å². The molecule has 1 aliphatic carbocycles. The first-order valence-electron chi connectivity index (χ1n) is 8.62. The molecule has 2 N–H and O–H groups in total. The minimum Gasteiger partial charge on any atom is -0.494 e. The number of hydrogen-bond donors (Lipinski definition) is 1. The van der Waals surface area contributed by atoms with Crippen LogP contribution in [0.5, 0.6) is 5.75 Å². The van der Waals surface area contributed by atoms with E-state index in [4.69, 9.17) is 19.9 Å². The van der Waals surface area contributed by atoms with Crippen LogP contribution in [-0.4, -0.2) is 33.2 Å². The van der Waals surface area contributed by atoms with Crippen LogP contribution in [0.15, 0.2) is 18.2 Å². The smallest absolute Gasteiger partial charge is 0.167 e. The summed E-state index contributed by atoms with van der Waals surface area (Å²) in [6.07, 6.45) is 4.01. The van der Waals surface area contributed by atoms with E-state index in [9.17, 15) is 0 Å². The summed E-state index contributed by atoms with van der Waals surface area (Å²) in [6.45, 7) is 5.52. The van der Waals surface area contributed by atoms with Crippen molar-refractivity contribution in [1.82, 2.24) is 0 Å². The van der Waals surface area contributed by atoms with Gasteiger partial charge in [-0.1, -0.05) is 6.07 Å². The number of methoxy groups -OCH3 is 2. The van der Waals surface area contributed by atoms with Gasteiger partial charge in [0, 0.05) is 27.1 Å². The first-order valence-corrected chi connectivity index (χ1v) is 8.62. The predicted octanol–water partition coefficient (Wildman–Crippen LogP) is 3.62. The monoisotopic (exact) mass is 321 g/mol. The van der Waals surface area contributed by atoms with Crippen LogP contribution in [0.1, 0.15) is 49.7 Å². The molecule has 0 bridgehead atoms. The first-order chi connectivity index (χ1) is 11.1. The summed E-state index contributed by atoms with van der Waals surface area (Å²) in [6, 6.07) is 6.37. The Morgan fingerprint density at radius 2 is 1.87 bits per heavy atom. The highest BCUT2D eigenvalue weighted by Crippen LogP contribution is 2.42. The van der Waals surface area contributed by atoms with Crippen LogP contribution in [0, 0.1) is 12.8 Å². The van der Waals surface area contributed by atoms with Crippen molar-refractivity contribution in [2.45, 2.75) is 51.2 Å². The first kappa shape index (κ1) is 18.2. The molecule has 0 radical (unpaired) electrons. The van der Waals surface area contributed by atoms with Crippen molar-refractivity contribution in [2.24, 2.45) is 11.7 Å². The van der Waals surface area contributed by atoms with Crippen molar-refractivity contribution in [3.05, 3.63) is 29.3 Å². The molecule has 1 saturated carbocycles. The predicted molar refractivity (Wildman–Crippen MR) is 92.9 cm³/mol. The lowest BCUT2D eigenvalue weighted by atomic mass is 9.74. The number of rotatable bonds is 7. The molecule has 0 heterocycles. The van der Waals surface area contributed by atoms with Gasteiger partial charge in [0.2, 0.25) is 0 Å². The zero-order chi connectivity index (χ0) is 16.9. The van der Waals surface area contributed by atoms with Crippen molar-refractivity contribution in [3.8, 4) is 5.75 Å². The summed E-state index contributed by atoms with van der Waals surface area (Å²) in [7, 11) is 3.47. The Kier molecular flexibility index (Phi) is 6.45. The van der Waals surface area contributed by atoms with E-state index in [-0.39, 0.29) is 0 Å². The van der Waals surface area contributed by atoms with Crippen LogP contribution < -0.4 is 10.5 Å². The van der Waals surface area contributed by atoms with Crippen molar-refractivity contribution < 1.29 is 14.2 Å². The maximum absolute atomic E-state index is 6.14. The number of benzene rings is 1. The zero-order valence-corrected chi connectivity index (χ0v) is 14.9. The van der Waals surface area contributed by atoms with Gasteiger partial charge in [-0.15, -0.1) is 0 Å². The Hall–Kier alpha value is -1.10. The number of nitrogens with two attached hydrogens (primary N) is 1. The largest absolute Gasteiger partial charge is 0.494 e. The molecule has 1 unspecified atom stereocenters. The molecule has 0 aromatic heterocycles. The minimum atomic E-state index is -0.399. The second-order valence-corrected chi connectivity index (χ2v) is 6.45. The molecule has 0 aliphatic heterocycles. The van der Waals surface area contributed by atoms with Crippen molar-refractivity contribution in [3.63, 3.8) is 0 Å². The Bertz CT molecular complexity index is 489. The van der Waals surface area contributed by atoms with Crippen LogP contribution >= 0.6 is 0 Å². The fourth-order valence-electron chi connectivity index (χ4n) is 3.87. The molecule has 1 aromatic rings. The van der Waals surface area contributed by atoms with Crippen LogP contribution in [-0.2, 0) is 9.47 Å². The molecule has 0 spiro atoms. The lowest BCUT2D eigenvalue weighted by Crippen LogP contribution is -2.40. The zero-order valence-electron chi connectivity index (χ0n) is 14.9. The van der Waals surface area contributed by atoms with Crippen molar-refractivity contribution in [1.29, 1.82) is 0 Å². The van der Waals surface area contributed by atoms with Crippen LogP contribution in [0.2, 0.25) is 0 Å². The van der Waals surface area contributed by atoms with Gasteiger partial charge in [0.1, 0.15) is 5.75 Å². The van der Waals surface area contributed by atoms with Gasteiger partial charge in [0.05, 0.1) is 6.61 Å². The second kappa shape index (κ2) is 8.13. The summed E-state index contributed by atoms with van der Waals surface area (Å²) in [4.78, 5) is 0. The highest BCUT2D eigenvalue weighted by atomic mass is 16.7. The number of ether oxygens (including phenoxy) is 3. The molecule has 4 nitrogen and oxygen atoms in total. The Balaban J connectivity index is 2.12. The fourth-order valence-corrected chi connectivity index (χ4v) is 3.87. The molecular weight excluding hydrogens is 290 g/mol. The van der Waals surface area contributed by atoms with Crippen molar-refractivity contribution >= 4 is 0 Å². The van der Waals surface area contributed by atoms with Crippen molar-refractivity contribution in [2.75, 3.05) is 27.4 Å². The van der Waals surface area contributed by atoms with Gasteiger partial charge in [-0.3, -0.25) is 0 Å². The maximum Gasteiger partial charge on any atom is 0.167 e. The molecule has 4 heteroatoms. The molecule has 1 aliphatic rings. The summed E-state index contributed by atoms with van der Waals surface area (Å²) in [5.41, 5.74) is 8.76. The molecule has 23 heavy (non-hydrogen) atoms. The average Bonchev–Trinajstić information content (AvgIpc) is 2.58. The summed E-state index contributed by atoms with van der Waals surface area (Å²) in [5.74, 6) is 1.50. The van der Waals surface area contributed by atoms with E-state index in [0.29, 0.717) is 25.0 Å². The van der Waals surface area contributed by atoms with Crippen LogP contribution in [0.25, 0.3) is 0 Å². The van der Waals surface area contributed by atoms with Gasteiger partial charge in [0.25, 0.3) is 0 Å². The number of hydrogen-bond acceptors (Lipinski definition) is 4. The third-order valence-electron chi connectivity index (χ3n) is 5.31. The quantitative estimate of drug-likeness (QED) is 0.779. The summed E-state index contributed by atoms with van der Waals surface area (Å²) >= 11 is 0. The van der Waals surface area contributed by atoms with Crippen LogP contribution in [0.3, 0.4) is 0 Å². The number of aryl methyl sites for hydroxylation is 1. The summed E-state index contributed by atoms with van der Waals surface area (Å²) in [5, 5.41) is 0. The van der Waals surface area contributed by atoms with Gasteiger partial charge in [0.15, 0.2) is 5.79 Å². The molecule has 1 fully saturated rings. The second-order valence-electron chi connectivity index (χ2n) is 6.45.